The van der Waals surface area contributed by atoms with Gasteiger partial charge in [-0.05, 0) is 58.7 Å². The van der Waals surface area contributed by atoms with Gasteiger partial charge >= 0.3 is 0 Å². The van der Waals surface area contributed by atoms with Crippen LogP contribution in [0.4, 0.5) is 0 Å². The number of amides is 2. The maximum Gasteiger partial charge on any atom is 0.255 e. The fourth-order valence-corrected chi connectivity index (χ4v) is 4.15. The summed E-state index contributed by atoms with van der Waals surface area (Å²) in [5.74, 6) is 1.04. The molecule has 136 valence electrons. The predicted octanol–water partition coefficient (Wildman–Crippen LogP) is 3.75. The maximum absolute atomic E-state index is 12.7. The Morgan fingerprint density at radius 1 is 0.923 bits per heavy atom. The fourth-order valence-electron chi connectivity index (χ4n) is 3.01. The van der Waals surface area contributed by atoms with Crippen LogP contribution in [-0.4, -0.2) is 54.0 Å². The molecule has 0 radical (unpaired) electrons. The van der Waals surface area contributed by atoms with Gasteiger partial charge in [0, 0.05) is 41.1 Å². The van der Waals surface area contributed by atoms with Crippen LogP contribution < -0.4 is 0 Å². The molecule has 0 N–H and O–H groups in total. The quantitative estimate of drug-likeness (QED) is 0.627. The first kappa shape index (κ1) is 19.2. The van der Waals surface area contributed by atoms with E-state index in [2.05, 4.69) is 28.8 Å². The highest BCUT2D eigenvalue weighted by Gasteiger charge is 2.26. The van der Waals surface area contributed by atoms with Crippen molar-refractivity contribution >= 4 is 46.2 Å². The molecule has 4 nitrogen and oxygen atoms in total. The van der Waals surface area contributed by atoms with Gasteiger partial charge in [-0.3, -0.25) is 9.59 Å². The summed E-state index contributed by atoms with van der Waals surface area (Å²) in [4.78, 5) is 29.0. The van der Waals surface area contributed by atoms with E-state index in [9.17, 15) is 9.59 Å². The van der Waals surface area contributed by atoms with Crippen LogP contribution in [0.3, 0.4) is 0 Å². The van der Waals surface area contributed by atoms with Crippen LogP contribution in [0.5, 0.6) is 0 Å². The molecule has 3 rings (SSSR count). The Morgan fingerprint density at radius 3 is 2.08 bits per heavy atom. The van der Waals surface area contributed by atoms with Crippen LogP contribution in [0, 0.1) is 3.57 Å². The normalized spacial score (nSPS) is 14.4. The second-order valence-corrected chi connectivity index (χ2v) is 8.22. The number of thioether (sulfide) groups is 1. The van der Waals surface area contributed by atoms with Crippen molar-refractivity contribution in [3.63, 3.8) is 0 Å². The van der Waals surface area contributed by atoms with E-state index >= 15 is 0 Å². The minimum atomic E-state index is 0.0436. The first-order chi connectivity index (χ1) is 12.6. The van der Waals surface area contributed by atoms with E-state index in [1.807, 2.05) is 58.3 Å². The molecule has 1 heterocycles. The summed E-state index contributed by atoms with van der Waals surface area (Å²) in [6, 6.07) is 15.4. The number of halogens is 1. The van der Waals surface area contributed by atoms with Gasteiger partial charge in [0.15, 0.2) is 0 Å². The second kappa shape index (κ2) is 8.90. The van der Waals surface area contributed by atoms with E-state index in [-0.39, 0.29) is 11.8 Å². The number of rotatable bonds is 4. The zero-order valence-electron chi connectivity index (χ0n) is 14.7. The molecule has 0 aliphatic carbocycles. The van der Waals surface area contributed by atoms with Gasteiger partial charge in [0.1, 0.15) is 0 Å². The zero-order chi connectivity index (χ0) is 18.5. The van der Waals surface area contributed by atoms with E-state index in [1.165, 1.54) is 5.56 Å². The molecule has 2 aromatic carbocycles. The van der Waals surface area contributed by atoms with Gasteiger partial charge in [-0.1, -0.05) is 24.3 Å². The first-order valence-corrected chi connectivity index (χ1v) is 11.0. The average Bonchev–Trinajstić information content (AvgIpc) is 2.68. The summed E-state index contributed by atoms with van der Waals surface area (Å²) in [6.07, 6.45) is 2.07. The minimum Gasteiger partial charge on any atom is -0.335 e. The smallest absolute Gasteiger partial charge is 0.255 e. The van der Waals surface area contributed by atoms with Crippen molar-refractivity contribution in [3.8, 4) is 0 Å². The van der Waals surface area contributed by atoms with Gasteiger partial charge in [0.25, 0.3) is 11.8 Å². The van der Waals surface area contributed by atoms with Gasteiger partial charge in [-0.25, -0.2) is 0 Å². The molecule has 2 amide bonds. The second-order valence-electron chi connectivity index (χ2n) is 6.19. The third-order valence-corrected chi connectivity index (χ3v) is 6.03. The van der Waals surface area contributed by atoms with Crippen LogP contribution >= 0.6 is 34.4 Å². The molecule has 1 aliphatic rings. The van der Waals surface area contributed by atoms with Crippen molar-refractivity contribution < 1.29 is 9.59 Å². The number of carbonyl (C=O) groups is 2. The molecule has 1 aliphatic heterocycles. The van der Waals surface area contributed by atoms with Gasteiger partial charge in [0.05, 0.1) is 5.56 Å². The topological polar surface area (TPSA) is 40.6 Å². The van der Waals surface area contributed by atoms with Crippen molar-refractivity contribution in [2.24, 2.45) is 0 Å². The first-order valence-electron chi connectivity index (χ1n) is 8.51. The van der Waals surface area contributed by atoms with Crippen LogP contribution in [0.15, 0.2) is 48.5 Å². The lowest BCUT2D eigenvalue weighted by Gasteiger charge is -2.35. The minimum absolute atomic E-state index is 0.0436. The van der Waals surface area contributed by atoms with E-state index < -0.39 is 0 Å². The molecular formula is C20H21IN2O2S. The van der Waals surface area contributed by atoms with Crippen LogP contribution in [-0.2, 0) is 5.75 Å². The molecule has 0 unspecified atom stereocenters. The summed E-state index contributed by atoms with van der Waals surface area (Å²) in [6.45, 7) is 2.28. The average molecular weight is 480 g/mol. The van der Waals surface area contributed by atoms with Crippen molar-refractivity contribution in [3.05, 3.63) is 68.8 Å². The maximum atomic E-state index is 12.7. The standard InChI is InChI=1S/C20H21IN2O2S/c1-26-14-15-6-8-16(9-7-15)19(24)22-10-12-23(13-11-22)20(25)17-4-2-3-5-18(17)21/h2-9H,10-14H2,1H3. The van der Waals surface area contributed by atoms with Gasteiger partial charge in [0.2, 0.25) is 0 Å². The third-order valence-electron chi connectivity index (χ3n) is 4.47. The summed E-state index contributed by atoms with van der Waals surface area (Å²) >= 11 is 3.95. The number of carbonyl (C=O) groups excluding carboxylic acids is 2. The SMILES string of the molecule is CSCc1ccc(C(=O)N2CCN(C(=O)c3ccccc3I)CC2)cc1. The van der Waals surface area contributed by atoms with Crippen LogP contribution in [0.1, 0.15) is 26.3 Å². The molecule has 0 spiro atoms. The Hall–Kier alpha value is -1.54. The molecule has 1 fully saturated rings. The third kappa shape index (κ3) is 4.40. The van der Waals surface area contributed by atoms with E-state index in [4.69, 9.17) is 0 Å². The van der Waals surface area contributed by atoms with E-state index in [0.717, 1.165) is 14.9 Å². The summed E-state index contributed by atoms with van der Waals surface area (Å²) in [5, 5.41) is 0. The fraction of sp³-hybridized carbons (Fsp3) is 0.300. The van der Waals surface area contributed by atoms with E-state index in [0.29, 0.717) is 31.7 Å². The van der Waals surface area contributed by atoms with Crippen molar-refractivity contribution in [1.29, 1.82) is 0 Å². The number of nitrogens with zero attached hydrogens (tertiary/aromatic N) is 2. The highest BCUT2D eigenvalue weighted by atomic mass is 127. The summed E-state index contributed by atoms with van der Waals surface area (Å²) in [7, 11) is 0. The molecule has 6 heteroatoms. The Morgan fingerprint density at radius 2 is 1.50 bits per heavy atom. The zero-order valence-corrected chi connectivity index (χ0v) is 17.6. The molecule has 1 saturated heterocycles. The summed E-state index contributed by atoms with van der Waals surface area (Å²) in [5.41, 5.74) is 2.67. The van der Waals surface area contributed by atoms with E-state index in [1.54, 1.807) is 11.8 Å². The lowest BCUT2D eigenvalue weighted by Crippen LogP contribution is -2.50. The Bertz CT molecular complexity index is 787. The van der Waals surface area contributed by atoms with Crippen molar-refractivity contribution in [1.82, 2.24) is 9.80 Å². The molecule has 0 aromatic heterocycles. The number of piperazine rings is 1. The van der Waals surface area contributed by atoms with Crippen molar-refractivity contribution in [2.45, 2.75) is 5.75 Å². The highest BCUT2D eigenvalue weighted by Crippen LogP contribution is 2.17. The molecule has 0 atom stereocenters. The van der Waals surface area contributed by atoms with Gasteiger partial charge < -0.3 is 9.80 Å². The lowest BCUT2D eigenvalue weighted by atomic mass is 10.1. The monoisotopic (exact) mass is 480 g/mol. The molecule has 0 saturated carbocycles. The number of hydrogen-bond acceptors (Lipinski definition) is 3. The summed E-state index contributed by atoms with van der Waals surface area (Å²) < 4.78 is 0.957. The predicted molar refractivity (Wildman–Crippen MR) is 115 cm³/mol. The molecule has 0 bridgehead atoms. The highest BCUT2D eigenvalue weighted by molar-refractivity contribution is 14.1. The Balaban J connectivity index is 1.60. The van der Waals surface area contributed by atoms with Crippen LogP contribution in [0.25, 0.3) is 0 Å². The Labute approximate surface area is 172 Å². The number of hydrogen-bond donors (Lipinski definition) is 0. The van der Waals surface area contributed by atoms with Gasteiger partial charge in [-0.15, -0.1) is 0 Å². The molecule has 26 heavy (non-hydrogen) atoms. The van der Waals surface area contributed by atoms with Crippen molar-refractivity contribution in [2.75, 3.05) is 32.4 Å². The number of benzene rings is 2. The lowest BCUT2D eigenvalue weighted by molar-refractivity contribution is 0.0535. The Kier molecular flexibility index (Phi) is 6.58. The largest absolute Gasteiger partial charge is 0.335 e. The molecule has 2 aromatic rings. The molecular weight excluding hydrogens is 459 g/mol. The van der Waals surface area contributed by atoms with Gasteiger partial charge in [-0.2, -0.15) is 11.8 Å². The van der Waals surface area contributed by atoms with Crippen LogP contribution in [0.2, 0.25) is 0 Å².